The van der Waals surface area contributed by atoms with E-state index in [0.717, 1.165) is 32.3 Å². The minimum absolute atomic E-state index is 0.244. The maximum Gasteiger partial charge on any atom is 0.231 e. The highest BCUT2D eigenvalue weighted by atomic mass is 16.5. The number of aldehydes is 1. The molecule has 15 heavy (non-hydrogen) atoms. The fraction of sp³-hybridized carbons (Fsp3) is 0.700. The molecule has 1 unspecified atom stereocenters. The van der Waals surface area contributed by atoms with Gasteiger partial charge in [-0.05, 0) is 19.5 Å². The number of carbonyl (C=O) groups is 1. The fourth-order valence-electron chi connectivity index (χ4n) is 1.91. The first kappa shape index (κ1) is 10.3. The van der Waals surface area contributed by atoms with E-state index < -0.39 is 0 Å². The first-order valence-electron chi connectivity index (χ1n) is 5.32. The predicted octanol–water partition coefficient (Wildman–Crippen LogP) is 0.620. The van der Waals surface area contributed by atoms with Crippen molar-refractivity contribution in [2.75, 3.05) is 19.6 Å². The van der Waals surface area contributed by atoms with Crippen LogP contribution in [0.5, 0.6) is 0 Å². The highest BCUT2D eigenvalue weighted by Crippen LogP contribution is 2.25. The Balaban J connectivity index is 2.00. The van der Waals surface area contributed by atoms with Gasteiger partial charge in [-0.15, -0.1) is 0 Å². The zero-order valence-electron chi connectivity index (χ0n) is 8.85. The van der Waals surface area contributed by atoms with Gasteiger partial charge in [0.15, 0.2) is 5.82 Å². The minimum Gasteiger partial charge on any atom is -0.339 e. The average Bonchev–Trinajstić information content (AvgIpc) is 2.85. The van der Waals surface area contributed by atoms with Gasteiger partial charge in [0.25, 0.3) is 0 Å². The molecular formula is C10H15N3O2. The van der Waals surface area contributed by atoms with E-state index in [1.807, 2.05) is 0 Å². The Morgan fingerprint density at radius 3 is 3.20 bits per heavy atom. The van der Waals surface area contributed by atoms with Crippen LogP contribution in [0.4, 0.5) is 0 Å². The van der Waals surface area contributed by atoms with Crippen molar-refractivity contribution < 1.29 is 9.32 Å². The number of rotatable bonds is 4. The molecule has 0 N–H and O–H groups in total. The summed E-state index contributed by atoms with van der Waals surface area (Å²) in [5.41, 5.74) is 0. The van der Waals surface area contributed by atoms with E-state index in [-0.39, 0.29) is 6.42 Å². The topological polar surface area (TPSA) is 59.2 Å². The van der Waals surface area contributed by atoms with Crippen LogP contribution in [-0.4, -0.2) is 41.0 Å². The monoisotopic (exact) mass is 209 g/mol. The van der Waals surface area contributed by atoms with Gasteiger partial charge in [-0.1, -0.05) is 12.1 Å². The Morgan fingerprint density at radius 2 is 2.53 bits per heavy atom. The maximum atomic E-state index is 10.3. The lowest BCUT2D eigenvalue weighted by Gasteiger charge is -2.10. The molecule has 1 aliphatic rings. The molecule has 1 aromatic heterocycles. The van der Waals surface area contributed by atoms with Gasteiger partial charge in [-0.3, -0.25) is 0 Å². The maximum absolute atomic E-state index is 10.3. The summed E-state index contributed by atoms with van der Waals surface area (Å²) in [5, 5.41) is 3.77. The molecule has 82 valence electrons. The first-order chi connectivity index (χ1) is 7.33. The van der Waals surface area contributed by atoms with Crippen LogP contribution in [-0.2, 0) is 11.2 Å². The molecule has 1 aliphatic heterocycles. The molecule has 1 saturated heterocycles. The largest absolute Gasteiger partial charge is 0.339 e. The molecule has 0 spiro atoms. The summed E-state index contributed by atoms with van der Waals surface area (Å²) in [6, 6.07) is 0. The van der Waals surface area contributed by atoms with Crippen LogP contribution in [0, 0.1) is 0 Å². The summed E-state index contributed by atoms with van der Waals surface area (Å²) >= 11 is 0. The summed E-state index contributed by atoms with van der Waals surface area (Å²) in [7, 11) is 0. The number of hydrogen-bond donors (Lipinski definition) is 0. The van der Waals surface area contributed by atoms with Crippen LogP contribution in [0.1, 0.15) is 31.0 Å². The van der Waals surface area contributed by atoms with Crippen molar-refractivity contribution in [1.82, 2.24) is 15.0 Å². The predicted molar refractivity (Wildman–Crippen MR) is 53.5 cm³/mol. The third kappa shape index (κ3) is 2.23. The Morgan fingerprint density at radius 1 is 1.67 bits per heavy atom. The van der Waals surface area contributed by atoms with Crippen molar-refractivity contribution in [3.8, 4) is 0 Å². The van der Waals surface area contributed by atoms with Crippen molar-refractivity contribution >= 4 is 6.29 Å². The highest BCUT2D eigenvalue weighted by Gasteiger charge is 2.27. The molecule has 0 aromatic carbocycles. The van der Waals surface area contributed by atoms with E-state index in [1.54, 1.807) is 0 Å². The van der Waals surface area contributed by atoms with Crippen molar-refractivity contribution in [3.63, 3.8) is 0 Å². The van der Waals surface area contributed by atoms with Crippen LogP contribution < -0.4 is 0 Å². The number of hydrogen-bond acceptors (Lipinski definition) is 5. The van der Waals surface area contributed by atoms with Gasteiger partial charge in [0.05, 0.1) is 12.3 Å². The lowest BCUT2D eigenvalue weighted by molar-refractivity contribution is -0.107. The summed E-state index contributed by atoms with van der Waals surface area (Å²) < 4.78 is 5.15. The molecule has 0 saturated carbocycles. The van der Waals surface area contributed by atoms with Crippen molar-refractivity contribution in [1.29, 1.82) is 0 Å². The lowest BCUT2D eigenvalue weighted by Crippen LogP contribution is -2.19. The smallest absolute Gasteiger partial charge is 0.231 e. The third-order valence-corrected chi connectivity index (χ3v) is 2.82. The van der Waals surface area contributed by atoms with Crippen LogP contribution in [0.2, 0.25) is 0 Å². The summed E-state index contributed by atoms with van der Waals surface area (Å²) in [6.07, 6.45) is 2.10. The van der Waals surface area contributed by atoms with Gasteiger partial charge in [-0.2, -0.15) is 4.98 Å². The summed E-state index contributed by atoms with van der Waals surface area (Å²) in [5.74, 6) is 1.52. The lowest BCUT2D eigenvalue weighted by atomic mass is 10.1. The highest BCUT2D eigenvalue weighted by molar-refractivity contribution is 5.52. The summed E-state index contributed by atoms with van der Waals surface area (Å²) in [6.45, 7) is 5.28. The Hall–Kier alpha value is -1.23. The Labute approximate surface area is 88.5 Å². The number of likely N-dealkylation sites (N-methyl/N-ethyl adjacent to an activating group) is 1. The molecule has 1 aromatic rings. The third-order valence-electron chi connectivity index (χ3n) is 2.82. The second-order valence-corrected chi connectivity index (χ2v) is 3.80. The molecular weight excluding hydrogens is 194 g/mol. The van der Waals surface area contributed by atoms with Crippen LogP contribution in [0.15, 0.2) is 4.52 Å². The zero-order chi connectivity index (χ0) is 10.7. The quantitative estimate of drug-likeness (QED) is 0.680. The van der Waals surface area contributed by atoms with E-state index in [0.29, 0.717) is 17.6 Å². The second kappa shape index (κ2) is 4.53. The van der Waals surface area contributed by atoms with Crippen molar-refractivity contribution in [2.45, 2.75) is 25.7 Å². The van der Waals surface area contributed by atoms with Gasteiger partial charge in [-0.25, -0.2) is 0 Å². The van der Waals surface area contributed by atoms with Gasteiger partial charge in [0.1, 0.15) is 6.29 Å². The van der Waals surface area contributed by atoms with Crippen molar-refractivity contribution in [2.24, 2.45) is 0 Å². The molecule has 1 atom stereocenters. The van der Waals surface area contributed by atoms with E-state index >= 15 is 0 Å². The normalized spacial score (nSPS) is 22.1. The first-order valence-corrected chi connectivity index (χ1v) is 5.32. The number of likely N-dealkylation sites (tertiary alicyclic amines) is 1. The molecule has 0 aliphatic carbocycles. The molecule has 5 nitrogen and oxygen atoms in total. The minimum atomic E-state index is 0.244. The van der Waals surface area contributed by atoms with Crippen LogP contribution in [0.25, 0.3) is 0 Å². The molecule has 1 fully saturated rings. The van der Waals surface area contributed by atoms with Gasteiger partial charge in [0, 0.05) is 6.54 Å². The summed E-state index contributed by atoms with van der Waals surface area (Å²) in [4.78, 5) is 16.8. The van der Waals surface area contributed by atoms with Gasteiger partial charge < -0.3 is 14.2 Å². The van der Waals surface area contributed by atoms with E-state index in [9.17, 15) is 4.79 Å². The van der Waals surface area contributed by atoms with E-state index in [1.165, 1.54) is 0 Å². The second-order valence-electron chi connectivity index (χ2n) is 3.80. The molecule has 2 rings (SSSR count). The van der Waals surface area contributed by atoms with E-state index in [2.05, 4.69) is 22.0 Å². The van der Waals surface area contributed by atoms with Crippen molar-refractivity contribution in [3.05, 3.63) is 11.7 Å². The molecule has 0 radical (unpaired) electrons. The van der Waals surface area contributed by atoms with E-state index in [4.69, 9.17) is 4.52 Å². The molecule has 0 bridgehead atoms. The Kier molecular flexibility index (Phi) is 3.11. The van der Waals surface area contributed by atoms with Crippen LogP contribution >= 0.6 is 0 Å². The molecule has 2 heterocycles. The Bertz CT molecular complexity index is 337. The fourth-order valence-corrected chi connectivity index (χ4v) is 1.91. The number of aromatic nitrogens is 2. The standard InChI is InChI=1S/C10H15N3O2/c1-2-13-5-3-8(7-13)10-11-9(4-6-14)12-15-10/h6,8H,2-5,7H2,1H3. The molecule has 0 amide bonds. The molecule has 5 heteroatoms. The van der Waals surface area contributed by atoms with Gasteiger partial charge in [0.2, 0.25) is 5.89 Å². The number of nitrogens with zero attached hydrogens (tertiary/aromatic N) is 3. The average molecular weight is 209 g/mol. The SMILES string of the molecule is CCN1CCC(c2nc(CC=O)no2)C1. The van der Waals surface area contributed by atoms with Gasteiger partial charge >= 0.3 is 0 Å². The number of carbonyl (C=O) groups excluding carboxylic acids is 1. The van der Waals surface area contributed by atoms with Crippen LogP contribution in [0.3, 0.4) is 0 Å². The zero-order valence-corrected chi connectivity index (χ0v) is 8.85.